The fourth-order valence-corrected chi connectivity index (χ4v) is 2.48. The number of nitrogens with one attached hydrogen (secondary N) is 2. The van der Waals surface area contributed by atoms with Crippen LogP contribution in [0.5, 0.6) is 0 Å². The van der Waals surface area contributed by atoms with E-state index in [2.05, 4.69) is 10.6 Å². The Morgan fingerprint density at radius 1 is 1.12 bits per heavy atom. The average molecular weight is 361 g/mol. The summed E-state index contributed by atoms with van der Waals surface area (Å²) in [7, 11) is 1.47. The molecule has 0 fully saturated rings. The highest BCUT2D eigenvalue weighted by Crippen LogP contribution is 2.23. The number of anilines is 2. The van der Waals surface area contributed by atoms with E-state index in [4.69, 9.17) is 16.3 Å². The van der Waals surface area contributed by atoms with Gasteiger partial charge in [-0.05, 0) is 55.3 Å². The van der Waals surface area contributed by atoms with Crippen molar-refractivity contribution in [2.24, 2.45) is 0 Å². The molecule has 0 aliphatic carbocycles. The number of carbonyl (C=O) groups excluding carboxylic acids is 2. The smallest absolute Gasteiger partial charge is 0.250 e. The van der Waals surface area contributed by atoms with Crippen LogP contribution in [0.25, 0.3) is 0 Å². The Bertz CT molecular complexity index is 760. The van der Waals surface area contributed by atoms with Crippen LogP contribution in [0.15, 0.2) is 42.5 Å². The highest BCUT2D eigenvalue weighted by atomic mass is 35.5. The van der Waals surface area contributed by atoms with Crippen molar-refractivity contribution in [2.75, 3.05) is 24.4 Å². The molecule has 0 spiro atoms. The summed E-state index contributed by atoms with van der Waals surface area (Å²) >= 11 is 5.88. The zero-order valence-electron chi connectivity index (χ0n) is 14.4. The number of methoxy groups -OCH3 is 1. The van der Waals surface area contributed by atoms with E-state index in [1.807, 2.05) is 32.0 Å². The summed E-state index contributed by atoms with van der Waals surface area (Å²) < 4.78 is 4.79. The van der Waals surface area contributed by atoms with Crippen LogP contribution in [-0.4, -0.2) is 25.5 Å². The molecule has 2 aromatic rings. The van der Waals surface area contributed by atoms with Crippen molar-refractivity contribution in [1.82, 2.24) is 0 Å². The van der Waals surface area contributed by atoms with E-state index in [1.54, 1.807) is 24.3 Å². The van der Waals surface area contributed by atoms with Crippen LogP contribution in [0.2, 0.25) is 5.02 Å². The Balaban J connectivity index is 2.04. The van der Waals surface area contributed by atoms with Gasteiger partial charge in [-0.3, -0.25) is 9.59 Å². The first-order valence-corrected chi connectivity index (χ1v) is 8.24. The minimum Gasteiger partial charge on any atom is -0.375 e. The van der Waals surface area contributed by atoms with Crippen molar-refractivity contribution in [3.05, 3.63) is 58.6 Å². The molecule has 2 aromatic carbocycles. The molecule has 0 aliphatic heterocycles. The van der Waals surface area contributed by atoms with Crippen molar-refractivity contribution >= 4 is 34.8 Å². The van der Waals surface area contributed by atoms with Crippen molar-refractivity contribution in [2.45, 2.75) is 19.8 Å². The number of benzene rings is 2. The molecule has 0 saturated heterocycles. The van der Waals surface area contributed by atoms with Crippen LogP contribution in [0.3, 0.4) is 0 Å². The summed E-state index contributed by atoms with van der Waals surface area (Å²) in [6, 6.07) is 12.5. The number of carbonyl (C=O) groups is 2. The third kappa shape index (κ3) is 5.31. The number of amides is 2. The summed E-state index contributed by atoms with van der Waals surface area (Å²) in [5, 5.41) is 6.29. The minimum atomic E-state index is -0.307. The molecule has 25 heavy (non-hydrogen) atoms. The second kappa shape index (κ2) is 8.65. The van der Waals surface area contributed by atoms with Gasteiger partial charge in [-0.1, -0.05) is 23.7 Å². The Hall–Kier alpha value is -2.37. The van der Waals surface area contributed by atoms with Gasteiger partial charge in [0.25, 0.3) is 0 Å². The van der Waals surface area contributed by atoms with E-state index in [1.165, 1.54) is 7.11 Å². The van der Waals surface area contributed by atoms with Gasteiger partial charge in [-0.15, -0.1) is 0 Å². The Morgan fingerprint density at radius 2 is 1.80 bits per heavy atom. The predicted molar refractivity (Wildman–Crippen MR) is 100 cm³/mol. The third-order valence-electron chi connectivity index (χ3n) is 3.81. The Morgan fingerprint density at radius 3 is 2.40 bits per heavy atom. The second-order valence-electron chi connectivity index (χ2n) is 5.77. The first-order chi connectivity index (χ1) is 11.9. The quantitative estimate of drug-likeness (QED) is 0.818. The molecule has 5 nitrogen and oxygen atoms in total. The van der Waals surface area contributed by atoms with E-state index in [-0.39, 0.29) is 24.3 Å². The maximum absolute atomic E-state index is 12.4. The highest BCUT2D eigenvalue weighted by molar-refractivity contribution is 6.30. The van der Waals surface area contributed by atoms with E-state index in [0.29, 0.717) is 16.4 Å². The van der Waals surface area contributed by atoms with E-state index in [9.17, 15) is 9.59 Å². The lowest BCUT2D eigenvalue weighted by Crippen LogP contribution is -2.19. The number of hydrogen-bond acceptors (Lipinski definition) is 3. The van der Waals surface area contributed by atoms with Gasteiger partial charge in [0.05, 0.1) is 5.92 Å². The number of ether oxygens (including phenoxy) is 1. The summed E-state index contributed by atoms with van der Waals surface area (Å²) in [4.78, 5) is 24.0. The molecule has 0 aliphatic rings. The molecular formula is C19H21ClN2O3. The number of hydrogen-bond donors (Lipinski definition) is 2. The number of rotatable bonds is 6. The number of aryl methyl sites for hydroxylation is 1. The van der Waals surface area contributed by atoms with Crippen LogP contribution < -0.4 is 10.6 Å². The van der Waals surface area contributed by atoms with Gasteiger partial charge >= 0.3 is 0 Å². The molecule has 0 aromatic heterocycles. The third-order valence-corrected chi connectivity index (χ3v) is 4.06. The van der Waals surface area contributed by atoms with Crippen LogP contribution in [-0.2, 0) is 14.3 Å². The Kier molecular flexibility index (Phi) is 6.56. The molecule has 0 radical (unpaired) electrons. The molecule has 2 rings (SSSR count). The molecule has 1 atom stereocenters. The van der Waals surface area contributed by atoms with E-state index >= 15 is 0 Å². The van der Waals surface area contributed by atoms with Gasteiger partial charge < -0.3 is 15.4 Å². The SMILES string of the molecule is COCC(=O)Nc1ccc(NC(=O)C(C)c2ccc(Cl)cc2)cc1C. The van der Waals surface area contributed by atoms with Gasteiger partial charge in [-0.2, -0.15) is 0 Å². The summed E-state index contributed by atoms with van der Waals surface area (Å²) in [5.74, 6) is -0.643. The largest absolute Gasteiger partial charge is 0.375 e. The fourth-order valence-electron chi connectivity index (χ4n) is 2.35. The van der Waals surface area contributed by atoms with Gasteiger partial charge in [-0.25, -0.2) is 0 Å². The minimum absolute atomic E-state index is 0.00344. The van der Waals surface area contributed by atoms with Gasteiger partial charge in [0, 0.05) is 23.5 Å². The van der Waals surface area contributed by atoms with Crippen LogP contribution >= 0.6 is 11.6 Å². The zero-order chi connectivity index (χ0) is 18.4. The predicted octanol–water partition coefficient (Wildman–Crippen LogP) is 3.98. The molecular weight excluding hydrogens is 340 g/mol. The molecule has 2 amide bonds. The van der Waals surface area contributed by atoms with Crippen LogP contribution in [0, 0.1) is 6.92 Å². The zero-order valence-corrected chi connectivity index (χ0v) is 15.2. The van der Waals surface area contributed by atoms with Gasteiger partial charge in [0.2, 0.25) is 11.8 Å². The second-order valence-corrected chi connectivity index (χ2v) is 6.21. The van der Waals surface area contributed by atoms with Crippen LogP contribution in [0.1, 0.15) is 24.0 Å². The van der Waals surface area contributed by atoms with Crippen molar-refractivity contribution in [3.63, 3.8) is 0 Å². The monoisotopic (exact) mass is 360 g/mol. The van der Waals surface area contributed by atoms with Crippen LogP contribution in [0.4, 0.5) is 11.4 Å². The molecule has 0 heterocycles. The summed E-state index contributed by atoms with van der Waals surface area (Å²) in [6.45, 7) is 3.70. The first-order valence-electron chi connectivity index (χ1n) is 7.86. The van der Waals surface area contributed by atoms with Crippen molar-refractivity contribution < 1.29 is 14.3 Å². The van der Waals surface area contributed by atoms with Gasteiger partial charge in [0.1, 0.15) is 6.61 Å². The standard InChI is InChI=1S/C19H21ClN2O3/c1-12-10-16(8-9-17(12)22-18(23)11-25-3)21-19(24)13(2)14-4-6-15(20)7-5-14/h4-10,13H,11H2,1-3H3,(H,21,24)(H,22,23). The van der Waals surface area contributed by atoms with Gasteiger partial charge in [0.15, 0.2) is 0 Å². The fraction of sp³-hybridized carbons (Fsp3) is 0.263. The lowest BCUT2D eigenvalue weighted by Gasteiger charge is -2.14. The maximum atomic E-state index is 12.4. The average Bonchev–Trinajstić information content (AvgIpc) is 2.57. The molecule has 1 unspecified atom stereocenters. The van der Waals surface area contributed by atoms with E-state index in [0.717, 1.165) is 11.1 Å². The van der Waals surface area contributed by atoms with Crippen molar-refractivity contribution in [1.29, 1.82) is 0 Å². The molecule has 6 heteroatoms. The van der Waals surface area contributed by atoms with Crippen molar-refractivity contribution in [3.8, 4) is 0 Å². The van der Waals surface area contributed by atoms with E-state index < -0.39 is 0 Å². The summed E-state index contributed by atoms with van der Waals surface area (Å²) in [6.07, 6.45) is 0. The lowest BCUT2D eigenvalue weighted by molar-refractivity contribution is -0.119. The molecule has 0 saturated carbocycles. The molecule has 2 N–H and O–H groups in total. The topological polar surface area (TPSA) is 67.4 Å². The normalized spacial score (nSPS) is 11.7. The first kappa shape index (κ1) is 19.0. The Labute approximate surface area is 152 Å². The lowest BCUT2D eigenvalue weighted by atomic mass is 10.0. The molecule has 132 valence electrons. The molecule has 0 bridgehead atoms. The maximum Gasteiger partial charge on any atom is 0.250 e. The number of halogens is 1. The summed E-state index contributed by atoms with van der Waals surface area (Å²) in [5.41, 5.74) is 3.10. The highest BCUT2D eigenvalue weighted by Gasteiger charge is 2.15.